The molecule has 248 valence electrons. The number of hydrogen-bond donors (Lipinski definition) is 3. The summed E-state index contributed by atoms with van der Waals surface area (Å²) in [6.45, 7) is 9.83. The number of carboxylic acid groups (broad SMARTS) is 1. The van der Waals surface area contributed by atoms with Crippen molar-refractivity contribution in [1.29, 1.82) is 0 Å². The molecule has 5 aromatic rings. The minimum atomic E-state index is -1.09. The maximum absolute atomic E-state index is 14.7. The van der Waals surface area contributed by atoms with Crippen molar-refractivity contribution in [3.8, 4) is 17.6 Å². The van der Waals surface area contributed by atoms with Crippen molar-refractivity contribution in [2.45, 2.75) is 46.5 Å². The molecule has 4 heterocycles. The maximum atomic E-state index is 14.7. The van der Waals surface area contributed by atoms with E-state index in [2.05, 4.69) is 51.2 Å². The Hall–Kier alpha value is -4.64. The molecule has 1 aliphatic heterocycles. The summed E-state index contributed by atoms with van der Waals surface area (Å²) in [6.07, 6.45) is 2.60. The van der Waals surface area contributed by atoms with Gasteiger partial charge in [0.05, 0.1) is 29.9 Å². The van der Waals surface area contributed by atoms with Gasteiger partial charge in [0.2, 0.25) is 0 Å². The monoisotopic (exact) mass is 686 g/mol. The second kappa shape index (κ2) is 15.1. The van der Waals surface area contributed by atoms with Gasteiger partial charge in [-0.1, -0.05) is 29.4 Å². The number of rotatable bonds is 12. The minimum absolute atomic E-state index is 0.0154. The van der Waals surface area contributed by atoms with Gasteiger partial charge in [-0.2, -0.15) is 0 Å². The van der Waals surface area contributed by atoms with Gasteiger partial charge in [0.15, 0.2) is 39.2 Å². The fourth-order valence-corrected chi connectivity index (χ4v) is 7.57. The van der Waals surface area contributed by atoms with Crippen molar-refractivity contribution in [3.63, 3.8) is 0 Å². The van der Waals surface area contributed by atoms with Gasteiger partial charge in [0.25, 0.3) is 0 Å². The molecule has 13 heteroatoms. The van der Waals surface area contributed by atoms with Crippen LogP contribution in [0.1, 0.15) is 58.7 Å². The fraction of sp³-hybridized carbons (Fsp3) is 0.343. The number of para-hydroxylation sites is 1. The minimum Gasteiger partial charge on any atom is -0.491 e. The first-order valence-corrected chi connectivity index (χ1v) is 17.7. The smallest absolute Gasteiger partial charge is 0.355 e. The van der Waals surface area contributed by atoms with E-state index < -0.39 is 11.8 Å². The van der Waals surface area contributed by atoms with Crippen molar-refractivity contribution in [2.75, 3.05) is 43.0 Å². The van der Waals surface area contributed by atoms with Gasteiger partial charge >= 0.3 is 5.97 Å². The average molecular weight is 687 g/mol. The van der Waals surface area contributed by atoms with Crippen LogP contribution < -0.4 is 19.9 Å². The standard InChI is InChI=1S/C35H36FN7O3S2/c1-4-42(5-2)18-8-11-23-16-17-27(25(36)21-23)46-20-10-15-29-30(33(44)45)38-35(48-29)43-19-9-12-24-22(3)31(40-41-32(24)43)39-34-37-26-13-6-7-14-28(26)47-34/h6-7,13-14,16-17,21H,4-5,9-10,12,15,18-20H2,1-3H3,(H,44,45)(H,37,39,40)/p+1. The largest absolute Gasteiger partial charge is 0.491 e. The van der Waals surface area contributed by atoms with Gasteiger partial charge in [0, 0.05) is 28.1 Å². The Labute approximate surface area is 286 Å². The number of aryl methyl sites for hydroxylation is 1. The Balaban J connectivity index is 1.11. The molecule has 0 aliphatic carbocycles. The summed E-state index contributed by atoms with van der Waals surface area (Å²) in [5.74, 6) is 6.07. The lowest BCUT2D eigenvalue weighted by atomic mass is 10.0. The third-order valence-corrected chi connectivity index (χ3v) is 10.4. The molecule has 10 nitrogen and oxygen atoms in total. The first-order chi connectivity index (χ1) is 23.3. The summed E-state index contributed by atoms with van der Waals surface area (Å²) in [6, 6.07) is 12.7. The van der Waals surface area contributed by atoms with Crippen LogP contribution in [0.15, 0.2) is 42.5 Å². The molecular formula is C35H37FN7O3S2+. The van der Waals surface area contributed by atoms with Gasteiger partial charge in [-0.05, 0) is 82.7 Å². The number of thiazole rings is 2. The number of benzene rings is 2. The molecule has 2 aromatic carbocycles. The first-order valence-electron chi connectivity index (χ1n) is 16.1. The fourth-order valence-electron chi connectivity index (χ4n) is 5.58. The van der Waals surface area contributed by atoms with Gasteiger partial charge < -0.3 is 25.0 Å². The number of hydrogen-bond acceptors (Lipinski definition) is 10. The van der Waals surface area contributed by atoms with Crippen LogP contribution in [0, 0.1) is 24.6 Å². The highest BCUT2D eigenvalue weighted by Crippen LogP contribution is 2.39. The number of halogens is 1. The van der Waals surface area contributed by atoms with E-state index in [0.29, 0.717) is 53.1 Å². The summed E-state index contributed by atoms with van der Waals surface area (Å²) >= 11 is 2.89. The average Bonchev–Trinajstić information content (AvgIpc) is 3.71. The van der Waals surface area contributed by atoms with Crippen LogP contribution in [0.4, 0.5) is 26.3 Å². The molecular weight excluding hydrogens is 650 g/mol. The lowest BCUT2D eigenvalue weighted by Gasteiger charge is -2.28. The molecule has 0 saturated heterocycles. The summed E-state index contributed by atoms with van der Waals surface area (Å²) in [4.78, 5) is 25.3. The van der Waals surface area contributed by atoms with Crippen molar-refractivity contribution >= 4 is 60.8 Å². The Morgan fingerprint density at radius 1 is 1.15 bits per heavy atom. The second-order valence-electron chi connectivity index (χ2n) is 11.4. The van der Waals surface area contributed by atoms with E-state index in [1.807, 2.05) is 36.1 Å². The second-order valence-corrected chi connectivity index (χ2v) is 13.5. The Bertz CT molecular complexity index is 1960. The number of aromatic nitrogens is 4. The number of aromatic carboxylic acids is 1. The Morgan fingerprint density at radius 3 is 2.75 bits per heavy atom. The number of fused-ring (bicyclic) bond motifs is 2. The van der Waals surface area contributed by atoms with Crippen molar-refractivity contribution < 1.29 is 23.9 Å². The van der Waals surface area contributed by atoms with Crippen LogP contribution in [0.25, 0.3) is 10.2 Å². The zero-order valence-electron chi connectivity index (χ0n) is 27.1. The van der Waals surface area contributed by atoms with Crippen LogP contribution in [0.5, 0.6) is 5.75 Å². The summed E-state index contributed by atoms with van der Waals surface area (Å²) in [7, 11) is 0. The molecule has 0 spiro atoms. The lowest BCUT2D eigenvalue weighted by molar-refractivity contribution is -0.889. The highest BCUT2D eigenvalue weighted by Gasteiger charge is 2.28. The molecule has 3 N–H and O–H groups in total. The van der Waals surface area contributed by atoms with Crippen LogP contribution in [-0.4, -0.2) is 64.0 Å². The number of nitrogens with one attached hydrogen (secondary N) is 2. The predicted octanol–water partition coefficient (Wildman–Crippen LogP) is 5.80. The molecule has 0 amide bonds. The van der Waals surface area contributed by atoms with Crippen LogP contribution in [0.3, 0.4) is 0 Å². The van der Waals surface area contributed by atoms with E-state index in [4.69, 9.17) is 4.74 Å². The number of carboxylic acids is 1. The summed E-state index contributed by atoms with van der Waals surface area (Å²) < 4.78 is 21.5. The van der Waals surface area contributed by atoms with E-state index in [9.17, 15) is 14.3 Å². The van der Waals surface area contributed by atoms with Crippen LogP contribution in [0.2, 0.25) is 0 Å². The number of carbonyl (C=O) groups is 1. The molecule has 0 bridgehead atoms. The van der Waals surface area contributed by atoms with Gasteiger partial charge in [-0.15, -0.1) is 21.5 Å². The molecule has 0 saturated carbocycles. The van der Waals surface area contributed by atoms with Gasteiger partial charge in [0.1, 0.15) is 6.54 Å². The SMILES string of the molecule is CC[NH+](CC)CC#Cc1ccc(OCCCc2sc(N3CCCc4c3nnc(Nc3nc5ccccc5s3)c4C)nc2C(=O)O)c(F)c1. The normalized spacial score (nSPS) is 12.6. The molecule has 48 heavy (non-hydrogen) atoms. The number of quaternary nitrogens is 1. The lowest BCUT2D eigenvalue weighted by Crippen LogP contribution is -3.11. The van der Waals surface area contributed by atoms with E-state index >= 15 is 0 Å². The molecule has 0 unspecified atom stereocenters. The van der Waals surface area contributed by atoms with Crippen LogP contribution >= 0.6 is 22.7 Å². The highest BCUT2D eigenvalue weighted by molar-refractivity contribution is 7.22. The van der Waals surface area contributed by atoms with E-state index in [-0.39, 0.29) is 18.1 Å². The summed E-state index contributed by atoms with van der Waals surface area (Å²) in [5.41, 5.74) is 3.57. The predicted molar refractivity (Wildman–Crippen MR) is 188 cm³/mol. The molecule has 3 aromatic heterocycles. The van der Waals surface area contributed by atoms with E-state index in [0.717, 1.165) is 52.4 Å². The van der Waals surface area contributed by atoms with E-state index in [1.54, 1.807) is 23.5 Å². The Morgan fingerprint density at radius 2 is 1.98 bits per heavy atom. The van der Waals surface area contributed by atoms with Crippen molar-refractivity contribution in [2.24, 2.45) is 0 Å². The van der Waals surface area contributed by atoms with E-state index in [1.165, 1.54) is 22.3 Å². The quantitative estimate of drug-likeness (QED) is 0.111. The molecule has 0 fully saturated rings. The molecule has 0 radical (unpaired) electrons. The summed E-state index contributed by atoms with van der Waals surface area (Å²) in [5, 5.41) is 23.7. The van der Waals surface area contributed by atoms with Gasteiger partial charge in [-0.25, -0.2) is 19.2 Å². The number of ether oxygens (including phenoxy) is 1. The van der Waals surface area contributed by atoms with Crippen LogP contribution in [-0.2, 0) is 12.8 Å². The molecule has 0 atom stereocenters. The molecule has 1 aliphatic rings. The zero-order valence-corrected chi connectivity index (χ0v) is 28.7. The number of nitrogens with zero attached hydrogens (tertiary/aromatic N) is 5. The topological polar surface area (TPSA) is 118 Å². The van der Waals surface area contributed by atoms with Gasteiger partial charge in [-0.3, -0.25) is 0 Å². The Kier molecular flexibility index (Phi) is 10.4. The first kappa shape index (κ1) is 33.3. The molecule has 6 rings (SSSR count). The third-order valence-electron chi connectivity index (χ3n) is 8.33. The third kappa shape index (κ3) is 7.41. The zero-order chi connectivity index (χ0) is 33.6. The van der Waals surface area contributed by atoms with Crippen molar-refractivity contribution in [1.82, 2.24) is 20.2 Å². The highest BCUT2D eigenvalue weighted by atomic mass is 32.1. The van der Waals surface area contributed by atoms with Crippen molar-refractivity contribution in [3.05, 3.63) is 75.5 Å². The number of anilines is 4. The maximum Gasteiger partial charge on any atom is 0.355 e.